The molecule has 1 spiro atoms. The second-order valence-corrected chi connectivity index (χ2v) is 6.80. The van der Waals surface area contributed by atoms with Crippen LogP contribution < -0.4 is 5.32 Å². The average molecular weight is 272 g/mol. The molecular formula is C14H25FN2O2. The highest BCUT2D eigenvalue weighted by molar-refractivity contribution is 5.68. The standard InChI is InChI=1S/C14H25FN2O2/c1-13(2,3)19-12(18)17-8-5-11(15)14(10-17)6-4-7-16-9-14/h11,16H,4-10H2,1-3H3. The van der Waals surface area contributed by atoms with E-state index in [0.717, 1.165) is 19.4 Å². The summed E-state index contributed by atoms with van der Waals surface area (Å²) in [6.45, 7) is 8.09. The summed E-state index contributed by atoms with van der Waals surface area (Å²) < 4.78 is 19.7. The molecule has 1 N–H and O–H groups in total. The van der Waals surface area contributed by atoms with Crippen molar-refractivity contribution in [1.82, 2.24) is 10.2 Å². The van der Waals surface area contributed by atoms with E-state index in [1.807, 2.05) is 20.8 Å². The molecule has 2 fully saturated rings. The van der Waals surface area contributed by atoms with Gasteiger partial charge in [0.15, 0.2) is 0 Å². The third-order valence-electron chi connectivity index (χ3n) is 3.98. The fourth-order valence-corrected chi connectivity index (χ4v) is 3.01. The molecule has 2 heterocycles. The number of carbonyl (C=O) groups is 1. The molecule has 0 aliphatic carbocycles. The predicted octanol–water partition coefficient (Wildman–Crippen LogP) is 2.34. The summed E-state index contributed by atoms with van der Waals surface area (Å²) in [6, 6.07) is 0. The highest BCUT2D eigenvalue weighted by atomic mass is 19.1. The minimum atomic E-state index is -0.820. The Balaban J connectivity index is 2.02. The van der Waals surface area contributed by atoms with Gasteiger partial charge in [0, 0.05) is 25.0 Å². The Hall–Kier alpha value is -0.840. The first kappa shape index (κ1) is 14.6. The molecule has 0 aromatic rings. The molecule has 4 nitrogen and oxygen atoms in total. The second-order valence-electron chi connectivity index (χ2n) is 6.80. The smallest absolute Gasteiger partial charge is 0.410 e. The molecule has 2 atom stereocenters. The first-order valence-corrected chi connectivity index (χ1v) is 7.15. The molecule has 2 rings (SSSR count). The van der Waals surface area contributed by atoms with Crippen LogP contribution in [0.4, 0.5) is 9.18 Å². The molecular weight excluding hydrogens is 247 g/mol. The number of carbonyl (C=O) groups excluding carboxylic acids is 1. The summed E-state index contributed by atoms with van der Waals surface area (Å²) in [5.74, 6) is 0. The fraction of sp³-hybridized carbons (Fsp3) is 0.929. The Bertz CT molecular complexity index is 335. The van der Waals surface area contributed by atoms with Gasteiger partial charge in [0.25, 0.3) is 0 Å². The number of nitrogens with zero attached hydrogens (tertiary/aromatic N) is 1. The van der Waals surface area contributed by atoms with Crippen molar-refractivity contribution in [3.63, 3.8) is 0 Å². The molecule has 0 bridgehead atoms. The maximum absolute atomic E-state index is 14.3. The summed E-state index contributed by atoms with van der Waals surface area (Å²) in [5.41, 5.74) is -0.908. The number of amides is 1. The van der Waals surface area contributed by atoms with Gasteiger partial charge in [-0.2, -0.15) is 0 Å². The minimum Gasteiger partial charge on any atom is -0.444 e. The number of rotatable bonds is 0. The molecule has 2 saturated heterocycles. The molecule has 110 valence electrons. The number of likely N-dealkylation sites (tertiary alicyclic amines) is 1. The third kappa shape index (κ3) is 3.38. The maximum Gasteiger partial charge on any atom is 0.410 e. The van der Waals surface area contributed by atoms with Gasteiger partial charge in [-0.15, -0.1) is 0 Å². The first-order valence-electron chi connectivity index (χ1n) is 7.15. The van der Waals surface area contributed by atoms with Crippen molar-refractivity contribution in [3.8, 4) is 0 Å². The molecule has 0 radical (unpaired) electrons. The number of ether oxygens (including phenoxy) is 1. The zero-order valence-electron chi connectivity index (χ0n) is 12.2. The van der Waals surface area contributed by atoms with Gasteiger partial charge < -0.3 is 15.0 Å². The summed E-state index contributed by atoms with van der Waals surface area (Å²) in [4.78, 5) is 13.8. The molecule has 2 aliphatic rings. The van der Waals surface area contributed by atoms with Gasteiger partial charge in [-0.3, -0.25) is 0 Å². The Morgan fingerprint density at radius 3 is 2.79 bits per heavy atom. The summed E-state index contributed by atoms with van der Waals surface area (Å²) in [5, 5.41) is 3.26. The molecule has 0 saturated carbocycles. The normalized spacial score (nSPS) is 32.4. The van der Waals surface area contributed by atoms with E-state index in [0.29, 0.717) is 26.1 Å². The van der Waals surface area contributed by atoms with Gasteiger partial charge in [0.1, 0.15) is 11.8 Å². The van der Waals surface area contributed by atoms with Crippen molar-refractivity contribution >= 4 is 6.09 Å². The van der Waals surface area contributed by atoms with E-state index < -0.39 is 17.2 Å². The number of nitrogens with one attached hydrogen (secondary N) is 1. The molecule has 19 heavy (non-hydrogen) atoms. The first-order chi connectivity index (χ1) is 8.82. The molecule has 5 heteroatoms. The van der Waals surface area contributed by atoms with Crippen LogP contribution in [0.25, 0.3) is 0 Å². The minimum absolute atomic E-state index is 0.315. The molecule has 2 unspecified atom stereocenters. The monoisotopic (exact) mass is 272 g/mol. The Morgan fingerprint density at radius 2 is 2.21 bits per heavy atom. The van der Waals surface area contributed by atoms with Crippen LogP contribution in [-0.2, 0) is 4.74 Å². The van der Waals surface area contributed by atoms with Gasteiger partial charge in [0.05, 0.1) is 0 Å². The summed E-state index contributed by atoms with van der Waals surface area (Å²) in [6.07, 6.45) is 1.10. The number of hydrogen-bond acceptors (Lipinski definition) is 3. The van der Waals surface area contributed by atoms with Crippen molar-refractivity contribution in [1.29, 1.82) is 0 Å². The van der Waals surface area contributed by atoms with Crippen molar-refractivity contribution in [2.24, 2.45) is 5.41 Å². The zero-order chi connectivity index (χ0) is 14.1. The SMILES string of the molecule is CC(C)(C)OC(=O)N1CCC(F)C2(CCCNC2)C1. The van der Waals surface area contributed by atoms with E-state index in [4.69, 9.17) is 4.74 Å². The van der Waals surface area contributed by atoms with E-state index in [9.17, 15) is 9.18 Å². The van der Waals surface area contributed by atoms with E-state index >= 15 is 0 Å². The molecule has 0 aromatic heterocycles. The lowest BCUT2D eigenvalue weighted by atomic mass is 9.73. The van der Waals surface area contributed by atoms with E-state index in [2.05, 4.69) is 5.32 Å². The molecule has 0 aromatic carbocycles. The van der Waals surface area contributed by atoms with E-state index in [-0.39, 0.29) is 6.09 Å². The van der Waals surface area contributed by atoms with Crippen LogP contribution >= 0.6 is 0 Å². The lowest BCUT2D eigenvalue weighted by Crippen LogP contribution is -2.58. The summed E-state index contributed by atoms with van der Waals surface area (Å²) >= 11 is 0. The van der Waals surface area contributed by atoms with E-state index in [1.165, 1.54) is 0 Å². The van der Waals surface area contributed by atoms with Crippen LogP contribution in [0, 0.1) is 5.41 Å². The highest BCUT2D eigenvalue weighted by Crippen LogP contribution is 2.38. The lowest BCUT2D eigenvalue weighted by molar-refractivity contribution is -0.0317. The average Bonchev–Trinajstić information content (AvgIpc) is 2.32. The number of halogens is 1. The summed E-state index contributed by atoms with van der Waals surface area (Å²) in [7, 11) is 0. The second kappa shape index (κ2) is 5.27. The van der Waals surface area contributed by atoms with Gasteiger partial charge in [-0.1, -0.05) is 0 Å². The van der Waals surface area contributed by atoms with Crippen molar-refractivity contribution in [2.45, 2.75) is 51.8 Å². The van der Waals surface area contributed by atoms with Gasteiger partial charge in [0.2, 0.25) is 0 Å². The van der Waals surface area contributed by atoms with Crippen LogP contribution in [0.15, 0.2) is 0 Å². The third-order valence-corrected chi connectivity index (χ3v) is 3.98. The Morgan fingerprint density at radius 1 is 1.47 bits per heavy atom. The van der Waals surface area contributed by atoms with Crippen molar-refractivity contribution < 1.29 is 13.9 Å². The lowest BCUT2D eigenvalue weighted by Gasteiger charge is -2.47. The van der Waals surface area contributed by atoms with Crippen molar-refractivity contribution in [3.05, 3.63) is 0 Å². The fourth-order valence-electron chi connectivity index (χ4n) is 3.01. The van der Waals surface area contributed by atoms with Crippen LogP contribution in [0.2, 0.25) is 0 Å². The quantitative estimate of drug-likeness (QED) is 0.736. The van der Waals surface area contributed by atoms with E-state index in [1.54, 1.807) is 4.90 Å². The van der Waals surface area contributed by atoms with Crippen LogP contribution in [-0.4, -0.2) is 48.9 Å². The van der Waals surface area contributed by atoms with Crippen LogP contribution in [0.3, 0.4) is 0 Å². The molecule has 1 amide bonds. The Labute approximate surface area is 114 Å². The topological polar surface area (TPSA) is 41.6 Å². The molecule has 2 aliphatic heterocycles. The van der Waals surface area contributed by atoms with Crippen LogP contribution in [0.1, 0.15) is 40.0 Å². The van der Waals surface area contributed by atoms with Gasteiger partial charge in [-0.25, -0.2) is 9.18 Å². The highest BCUT2D eigenvalue weighted by Gasteiger charge is 2.46. The largest absolute Gasteiger partial charge is 0.444 e. The number of piperidine rings is 2. The maximum atomic E-state index is 14.3. The number of hydrogen-bond donors (Lipinski definition) is 1. The zero-order valence-corrected chi connectivity index (χ0v) is 12.2. The van der Waals surface area contributed by atoms with Gasteiger partial charge >= 0.3 is 6.09 Å². The Kier molecular flexibility index (Phi) is 4.04. The van der Waals surface area contributed by atoms with Crippen LogP contribution in [0.5, 0.6) is 0 Å². The predicted molar refractivity (Wildman–Crippen MR) is 71.9 cm³/mol. The van der Waals surface area contributed by atoms with Gasteiger partial charge in [-0.05, 0) is 46.6 Å². The number of alkyl halides is 1. The van der Waals surface area contributed by atoms with Crippen molar-refractivity contribution in [2.75, 3.05) is 26.2 Å².